The summed E-state index contributed by atoms with van der Waals surface area (Å²) >= 11 is 9.04. The molecule has 0 spiro atoms. The fraction of sp³-hybridized carbons (Fsp3) is 0.143. The monoisotopic (exact) mass is 264 g/mol. The number of halogens is 2. The minimum absolute atomic E-state index is 0.246. The van der Waals surface area contributed by atoms with Gasteiger partial charge in [0.25, 0.3) is 0 Å². The van der Waals surface area contributed by atoms with Gasteiger partial charge in [-0.05, 0) is 22.0 Å². The third kappa shape index (κ3) is 2.17. The van der Waals surface area contributed by atoms with Gasteiger partial charge in [0.05, 0.1) is 12.1 Å². The maximum absolute atomic E-state index is 8.95. The summed E-state index contributed by atoms with van der Waals surface area (Å²) < 4.78 is 5.58. The van der Waals surface area contributed by atoms with Crippen molar-refractivity contribution < 1.29 is 14.8 Å². The van der Waals surface area contributed by atoms with Gasteiger partial charge in [0, 0.05) is 9.94 Å². The van der Waals surface area contributed by atoms with E-state index in [1.165, 1.54) is 13.2 Å². The van der Waals surface area contributed by atoms with E-state index in [9.17, 15) is 0 Å². The summed E-state index contributed by atoms with van der Waals surface area (Å²) in [6.07, 6.45) is 0. The van der Waals surface area contributed by atoms with E-state index in [1.54, 1.807) is 6.07 Å². The molecule has 70 valence electrons. The standard InChI is InChI=1S/C7H7BBrClO3/c1-13-7-4(8(11)12)2-3-5(9)6(7)10/h2-3,11-12H,1H3. The van der Waals surface area contributed by atoms with Gasteiger partial charge in [-0.25, -0.2) is 0 Å². The summed E-state index contributed by atoms with van der Waals surface area (Å²) in [4.78, 5) is 0. The van der Waals surface area contributed by atoms with Crippen LogP contribution in [0.15, 0.2) is 16.6 Å². The van der Waals surface area contributed by atoms with Crippen molar-refractivity contribution in [1.29, 1.82) is 0 Å². The Labute approximate surface area is 89.6 Å². The predicted octanol–water partition coefficient (Wildman–Crippen LogP) is 0.791. The van der Waals surface area contributed by atoms with Gasteiger partial charge in [0.15, 0.2) is 0 Å². The molecule has 6 heteroatoms. The lowest BCUT2D eigenvalue weighted by Crippen LogP contribution is -2.31. The lowest BCUT2D eigenvalue weighted by molar-refractivity contribution is 0.403. The van der Waals surface area contributed by atoms with Crippen molar-refractivity contribution in [2.45, 2.75) is 0 Å². The van der Waals surface area contributed by atoms with E-state index in [1.807, 2.05) is 0 Å². The topological polar surface area (TPSA) is 49.7 Å². The molecular weight excluding hydrogens is 258 g/mol. The van der Waals surface area contributed by atoms with Crippen LogP contribution in [0.1, 0.15) is 0 Å². The average molecular weight is 265 g/mol. The van der Waals surface area contributed by atoms with E-state index in [2.05, 4.69) is 15.9 Å². The van der Waals surface area contributed by atoms with Crippen molar-refractivity contribution in [2.75, 3.05) is 7.11 Å². The Kier molecular flexibility index (Phi) is 3.61. The van der Waals surface area contributed by atoms with E-state index in [0.29, 0.717) is 9.50 Å². The molecule has 3 nitrogen and oxygen atoms in total. The van der Waals surface area contributed by atoms with Gasteiger partial charge in [-0.3, -0.25) is 0 Å². The van der Waals surface area contributed by atoms with Crippen LogP contribution in [0, 0.1) is 0 Å². The molecule has 0 aliphatic heterocycles. The molecule has 0 atom stereocenters. The zero-order valence-corrected chi connectivity index (χ0v) is 9.13. The third-order valence-electron chi connectivity index (χ3n) is 1.56. The summed E-state index contributed by atoms with van der Waals surface area (Å²) in [5.41, 5.74) is 0.246. The van der Waals surface area contributed by atoms with Gasteiger partial charge in [-0.1, -0.05) is 17.7 Å². The molecular formula is C7H7BBrClO3. The number of rotatable bonds is 2. The van der Waals surface area contributed by atoms with Crippen LogP contribution in [-0.2, 0) is 0 Å². The molecule has 0 unspecified atom stereocenters. The first-order valence-electron chi connectivity index (χ1n) is 3.46. The Hall–Kier alpha value is -0.225. The molecule has 0 amide bonds. The first kappa shape index (κ1) is 10.9. The number of methoxy groups -OCH3 is 1. The zero-order valence-electron chi connectivity index (χ0n) is 6.79. The van der Waals surface area contributed by atoms with Crippen LogP contribution in [0.3, 0.4) is 0 Å². The van der Waals surface area contributed by atoms with Crippen molar-refractivity contribution in [3.05, 3.63) is 21.6 Å². The molecule has 0 aliphatic carbocycles. The Morgan fingerprint density at radius 2 is 2.08 bits per heavy atom. The van der Waals surface area contributed by atoms with Crippen LogP contribution in [0.4, 0.5) is 0 Å². The molecule has 1 aromatic rings. The van der Waals surface area contributed by atoms with E-state index in [4.69, 9.17) is 26.4 Å². The summed E-state index contributed by atoms with van der Waals surface area (Å²) in [6.45, 7) is 0. The molecule has 1 aromatic carbocycles. The summed E-state index contributed by atoms with van der Waals surface area (Å²) in [6, 6.07) is 3.15. The fourth-order valence-corrected chi connectivity index (χ4v) is 1.52. The van der Waals surface area contributed by atoms with Gasteiger partial charge in [-0.2, -0.15) is 0 Å². The van der Waals surface area contributed by atoms with Crippen molar-refractivity contribution in [2.24, 2.45) is 0 Å². The summed E-state index contributed by atoms with van der Waals surface area (Å²) in [5, 5.41) is 18.2. The normalized spacial score (nSPS) is 9.92. The van der Waals surface area contributed by atoms with Crippen LogP contribution < -0.4 is 10.2 Å². The second-order valence-electron chi connectivity index (χ2n) is 2.36. The maximum atomic E-state index is 8.95. The van der Waals surface area contributed by atoms with E-state index in [-0.39, 0.29) is 11.2 Å². The van der Waals surface area contributed by atoms with Crippen molar-refractivity contribution in [1.82, 2.24) is 0 Å². The lowest BCUT2D eigenvalue weighted by atomic mass is 9.79. The Morgan fingerprint density at radius 1 is 1.46 bits per heavy atom. The highest BCUT2D eigenvalue weighted by molar-refractivity contribution is 9.10. The Balaban J connectivity index is 3.30. The summed E-state index contributed by atoms with van der Waals surface area (Å²) in [5.74, 6) is 0.269. The molecule has 0 fully saturated rings. The molecule has 2 N–H and O–H groups in total. The Bertz CT molecular complexity index is 319. The first-order valence-corrected chi connectivity index (χ1v) is 4.63. The zero-order chi connectivity index (χ0) is 10.0. The molecule has 1 rings (SSSR count). The first-order chi connectivity index (χ1) is 6.07. The lowest BCUT2D eigenvalue weighted by Gasteiger charge is -2.10. The number of hydrogen-bond acceptors (Lipinski definition) is 3. The van der Waals surface area contributed by atoms with E-state index >= 15 is 0 Å². The van der Waals surface area contributed by atoms with Gasteiger partial charge in [0.1, 0.15) is 5.75 Å². The highest BCUT2D eigenvalue weighted by Gasteiger charge is 2.20. The summed E-state index contributed by atoms with van der Waals surface area (Å²) in [7, 11) is -0.167. The molecule has 0 heterocycles. The second-order valence-corrected chi connectivity index (χ2v) is 3.59. The SMILES string of the molecule is COc1c(B(O)O)ccc(Br)c1Cl. The highest BCUT2D eigenvalue weighted by Crippen LogP contribution is 2.30. The van der Waals surface area contributed by atoms with Crippen molar-refractivity contribution in [3.63, 3.8) is 0 Å². The molecule has 0 saturated carbocycles. The van der Waals surface area contributed by atoms with E-state index in [0.717, 1.165) is 0 Å². The molecule has 0 bridgehead atoms. The van der Waals surface area contributed by atoms with Gasteiger partial charge in [0.2, 0.25) is 0 Å². The largest absolute Gasteiger partial charge is 0.496 e. The number of hydrogen-bond donors (Lipinski definition) is 2. The van der Waals surface area contributed by atoms with Crippen LogP contribution in [0.5, 0.6) is 5.75 Å². The van der Waals surface area contributed by atoms with Crippen LogP contribution in [0.2, 0.25) is 5.02 Å². The average Bonchev–Trinajstić information content (AvgIpc) is 2.09. The fourth-order valence-electron chi connectivity index (χ4n) is 0.958. The minimum Gasteiger partial charge on any atom is -0.496 e. The van der Waals surface area contributed by atoms with E-state index < -0.39 is 7.12 Å². The number of benzene rings is 1. The third-order valence-corrected chi connectivity index (χ3v) is 2.83. The maximum Gasteiger partial charge on any atom is 0.492 e. The Morgan fingerprint density at radius 3 is 2.54 bits per heavy atom. The quantitative estimate of drug-likeness (QED) is 0.777. The van der Waals surface area contributed by atoms with Crippen LogP contribution in [0.25, 0.3) is 0 Å². The van der Waals surface area contributed by atoms with Gasteiger partial charge >= 0.3 is 7.12 Å². The van der Waals surface area contributed by atoms with Crippen molar-refractivity contribution >= 4 is 40.1 Å². The van der Waals surface area contributed by atoms with Gasteiger partial charge < -0.3 is 14.8 Å². The predicted molar refractivity (Wildman–Crippen MR) is 55.5 cm³/mol. The van der Waals surface area contributed by atoms with Crippen LogP contribution in [-0.4, -0.2) is 24.3 Å². The molecule has 0 saturated heterocycles. The minimum atomic E-state index is -1.58. The molecule has 0 aromatic heterocycles. The van der Waals surface area contributed by atoms with Crippen molar-refractivity contribution in [3.8, 4) is 5.75 Å². The van der Waals surface area contributed by atoms with Gasteiger partial charge in [-0.15, -0.1) is 0 Å². The number of ether oxygens (including phenoxy) is 1. The van der Waals surface area contributed by atoms with Crippen LogP contribution >= 0.6 is 27.5 Å². The molecule has 0 radical (unpaired) electrons. The molecule has 13 heavy (non-hydrogen) atoms. The molecule has 0 aliphatic rings. The smallest absolute Gasteiger partial charge is 0.492 e. The second kappa shape index (κ2) is 4.33. The highest BCUT2D eigenvalue weighted by atomic mass is 79.9.